The zero-order valence-corrected chi connectivity index (χ0v) is 8.84. The molecule has 0 fully saturated rings. The monoisotopic (exact) mass is 180 g/mol. The Kier molecular flexibility index (Phi) is 4.28. The summed E-state index contributed by atoms with van der Waals surface area (Å²) in [6.07, 6.45) is 0. The fourth-order valence-electron chi connectivity index (χ4n) is 0.587. The van der Waals surface area contributed by atoms with Gasteiger partial charge in [0.2, 0.25) is 0 Å². The summed E-state index contributed by atoms with van der Waals surface area (Å²) in [5.74, 6) is 0. The first kappa shape index (κ1) is 11.1. The largest absolute Gasteiger partial charge is 1.00 e. The van der Waals surface area contributed by atoms with Crippen molar-refractivity contribution >= 4 is 10.1 Å². The second-order valence-electron chi connectivity index (χ2n) is 1.77. The second kappa shape index (κ2) is 4.23. The molecule has 0 spiro atoms. The van der Waals surface area contributed by atoms with E-state index >= 15 is 0 Å². The molecule has 1 aromatic carbocycles. The van der Waals surface area contributed by atoms with Crippen LogP contribution >= 0.6 is 0 Å². The van der Waals surface area contributed by atoms with Crippen LogP contribution in [-0.2, 0) is 10.1 Å². The third-order valence-electron chi connectivity index (χ3n) is 1.03. The molecule has 1 aromatic rings. The van der Waals surface area contributed by atoms with E-state index in [9.17, 15) is 13.0 Å². The van der Waals surface area contributed by atoms with Gasteiger partial charge in [0.25, 0.3) is 0 Å². The first-order valence-electron chi connectivity index (χ1n) is 2.61. The SMILES string of the molecule is O=S(=O)([O-])c1ccccc1.[Na+]. The summed E-state index contributed by atoms with van der Waals surface area (Å²) in [7, 11) is -4.25. The molecule has 0 heterocycles. The van der Waals surface area contributed by atoms with Gasteiger partial charge in [-0.2, -0.15) is 0 Å². The molecular formula is C6H5NaO3S. The number of hydrogen-bond acceptors (Lipinski definition) is 3. The molecule has 0 N–H and O–H groups in total. The van der Waals surface area contributed by atoms with Crippen molar-refractivity contribution in [2.24, 2.45) is 0 Å². The van der Waals surface area contributed by atoms with Gasteiger partial charge in [0, 0.05) is 0 Å². The molecule has 0 aromatic heterocycles. The van der Waals surface area contributed by atoms with Crippen molar-refractivity contribution in [3.63, 3.8) is 0 Å². The molecule has 0 amide bonds. The zero-order chi connectivity index (χ0) is 7.61. The summed E-state index contributed by atoms with van der Waals surface area (Å²) in [5.41, 5.74) is 0. The van der Waals surface area contributed by atoms with E-state index in [4.69, 9.17) is 0 Å². The topological polar surface area (TPSA) is 57.2 Å². The van der Waals surface area contributed by atoms with Gasteiger partial charge in [-0.3, -0.25) is 0 Å². The quantitative estimate of drug-likeness (QED) is 0.357. The maximum atomic E-state index is 10.3. The Morgan fingerprint density at radius 1 is 1.09 bits per heavy atom. The van der Waals surface area contributed by atoms with Crippen LogP contribution in [0.2, 0.25) is 0 Å². The van der Waals surface area contributed by atoms with Crippen LogP contribution < -0.4 is 29.6 Å². The Morgan fingerprint density at radius 3 is 1.82 bits per heavy atom. The van der Waals surface area contributed by atoms with Crippen molar-refractivity contribution in [2.75, 3.05) is 0 Å². The molecule has 11 heavy (non-hydrogen) atoms. The third kappa shape index (κ3) is 3.35. The molecule has 54 valence electrons. The second-order valence-corrected chi connectivity index (χ2v) is 3.15. The summed E-state index contributed by atoms with van der Waals surface area (Å²) >= 11 is 0. The minimum absolute atomic E-state index is 0. The minimum atomic E-state index is -4.25. The van der Waals surface area contributed by atoms with Gasteiger partial charge in [-0.15, -0.1) is 0 Å². The van der Waals surface area contributed by atoms with E-state index in [1.165, 1.54) is 24.3 Å². The molecule has 0 bridgehead atoms. The average molecular weight is 180 g/mol. The smallest absolute Gasteiger partial charge is 0.744 e. The summed E-state index contributed by atoms with van der Waals surface area (Å²) in [6, 6.07) is 7.19. The molecule has 0 aliphatic heterocycles. The first-order valence-corrected chi connectivity index (χ1v) is 4.02. The maximum absolute atomic E-state index is 10.3. The normalized spacial score (nSPS) is 10.3. The van der Waals surface area contributed by atoms with E-state index in [1.54, 1.807) is 6.07 Å². The van der Waals surface area contributed by atoms with Crippen LogP contribution in [0.25, 0.3) is 0 Å². The van der Waals surface area contributed by atoms with Crippen LogP contribution in [0, 0.1) is 0 Å². The predicted octanol–water partition coefficient (Wildman–Crippen LogP) is -2.41. The summed E-state index contributed by atoms with van der Waals surface area (Å²) in [6.45, 7) is 0. The van der Waals surface area contributed by atoms with Gasteiger partial charge in [-0.1, -0.05) is 18.2 Å². The van der Waals surface area contributed by atoms with Crippen LogP contribution in [-0.4, -0.2) is 13.0 Å². The fraction of sp³-hybridized carbons (Fsp3) is 0. The first-order chi connectivity index (χ1) is 4.61. The van der Waals surface area contributed by atoms with Gasteiger partial charge in [0.05, 0.1) is 4.90 Å². The number of benzene rings is 1. The third-order valence-corrected chi connectivity index (χ3v) is 1.88. The van der Waals surface area contributed by atoms with E-state index in [1.807, 2.05) is 0 Å². The van der Waals surface area contributed by atoms with E-state index < -0.39 is 10.1 Å². The Morgan fingerprint density at radius 2 is 1.55 bits per heavy atom. The molecule has 3 nitrogen and oxygen atoms in total. The molecule has 0 unspecified atom stereocenters. The molecule has 0 atom stereocenters. The van der Waals surface area contributed by atoms with Crippen molar-refractivity contribution in [3.8, 4) is 0 Å². The van der Waals surface area contributed by atoms with Gasteiger partial charge in [0.1, 0.15) is 10.1 Å². The van der Waals surface area contributed by atoms with Crippen molar-refractivity contribution in [1.29, 1.82) is 0 Å². The van der Waals surface area contributed by atoms with E-state index in [2.05, 4.69) is 0 Å². The molecule has 0 aliphatic rings. The van der Waals surface area contributed by atoms with E-state index in [0.29, 0.717) is 0 Å². The number of rotatable bonds is 1. The van der Waals surface area contributed by atoms with E-state index in [-0.39, 0.29) is 34.5 Å². The molecule has 0 aliphatic carbocycles. The standard InChI is InChI=1S/C6H6O3S.Na/c7-10(8,9)6-4-2-1-3-5-6;/h1-5H,(H,7,8,9);/q;+1/p-1. The predicted molar refractivity (Wildman–Crippen MR) is 34.4 cm³/mol. The van der Waals surface area contributed by atoms with Gasteiger partial charge in [-0.05, 0) is 12.1 Å². The van der Waals surface area contributed by atoms with Gasteiger partial charge >= 0.3 is 29.6 Å². The molecule has 0 radical (unpaired) electrons. The van der Waals surface area contributed by atoms with Crippen LogP contribution in [0.5, 0.6) is 0 Å². The van der Waals surface area contributed by atoms with Crippen LogP contribution in [0.3, 0.4) is 0 Å². The van der Waals surface area contributed by atoms with Crippen molar-refractivity contribution in [3.05, 3.63) is 30.3 Å². The Hall–Kier alpha value is 0.130. The van der Waals surface area contributed by atoms with Crippen molar-refractivity contribution in [1.82, 2.24) is 0 Å². The molecular weight excluding hydrogens is 175 g/mol. The molecule has 0 saturated carbocycles. The Labute approximate surface area is 87.5 Å². The van der Waals surface area contributed by atoms with Gasteiger partial charge < -0.3 is 4.55 Å². The van der Waals surface area contributed by atoms with E-state index in [0.717, 1.165) is 0 Å². The zero-order valence-electron chi connectivity index (χ0n) is 6.02. The van der Waals surface area contributed by atoms with Crippen molar-refractivity contribution < 1.29 is 42.5 Å². The van der Waals surface area contributed by atoms with Gasteiger partial charge in [-0.25, -0.2) is 8.42 Å². The van der Waals surface area contributed by atoms with Crippen LogP contribution in [0.4, 0.5) is 0 Å². The summed E-state index contributed by atoms with van der Waals surface area (Å²) in [5, 5.41) is 0. The minimum Gasteiger partial charge on any atom is -0.744 e. The van der Waals surface area contributed by atoms with Crippen LogP contribution in [0.1, 0.15) is 0 Å². The van der Waals surface area contributed by atoms with Gasteiger partial charge in [0.15, 0.2) is 0 Å². The average Bonchev–Trinajstić information content (AvgIpc) is 1.88. The summed E-state index contributed by atoms with van der Waals surface area (Å²) < 4.78 is 30.8. The molecule has 1 rings (SSSR count). The Balaban J connectivity index is 0.000001000. The van der Waals surface area contributed by atoms with Crippen molar-refractivity contribution in [2.45, 2.75) is 4.90 Å². The number of hydrogen-bond donors (Lipinski definition) is 0. The molecule has 0 saturated heterocycles. The fourth-order valence-corrected chi connectivity index (χ4v) is 1.08. The molecule has 5 heteroatoms. The summed E-state index contributed by atoms with van der Waals surface area (Å²) in [4.78, 5) is -0.185. The van der Waals surface area contributed by atoms with Crippen LogP contribution in [0.15, 0.2) is 35.2 Å². The Bertz CT molecular complexity index is 306. The maximum Gasteiger partial charge on any atom is 1.00 e.